The molecule has 1 aromatic heterocycles. The Kier molecular flexibility index (Phi) is 1.82. The van der Waals surface area contributed by atoms with Crippen LogP contribution in [-0.4, -0.2) is 14.8 Å². The molecule has 0 aliphatic carbocycles. The number of hydrogen-bond acceptors (Lipinski definition) is 2. The number of aromatic amines is 1. The topological polar surface area (TPSA) is 33.6 Å². The van der Waals surface area contributed by atoms with Crippen LogP contribution in [0.1, 0.15) is 17.0 Å². The van der Waals surface area contributed by atoms with E-state index in [1.807, 2.05) is 22.9 Å². The lowest BCUT2D eigenvalue weighted by atomic mass is 10.1. The molecule has 0 saturated carbocycles. The largest absolute Gasteiger partial charge is 0.279 e. The van der Waals surface area contributed by atoms with Gasteiger partial charge in [-0.15, -0.1) is 0 Å². The van der Waals surface area contributed by atoms with Crippen molar-refractivity contribution in [1.29, 1.82) is 0 Å². The van der Waals surface area contributed by atoms with Gasteiger partial charge in [-0.3, -0.25) is 9.67 Å². The van der Waals surface area contributed by atoms with Crippen molar-refractivity contribution in [1.82, 2.24) is 14.8 Å². The predicted octanol–water partition coefficient (Wildman–Crippen LogP) is 2.47. The number of hydrogen-bond donors (Lipinski definition) is 1. The van der Waals surface area contributed by atoms with E-state index < -0.39 is 0 Å². The molecule has 0 atom stereocenters. The molecule has 74 valence electrons. The Morgan fingerprint density at radius 1 is 1.33 bits per heavy atom. The summed E-state index contributed by atoms with van der Waals surface area (Å²) < 4.78 is 2.56. The third-order valence-electron chi connectivity index (χ3n) is 2.58. The molecule has 1 aromatic carbocycles. The molecular formula is C11H9N3S. The summed E-state index contributed by atoms with van der Waals surface area (Å²) >= 11 is 5.14. The molecule has 1 aliphatic rings. The Morgan fingerprint density at radius 3 is 3.13 bits per heavy atom. The molecule has 0 unspecified atom stereocenters. The highest BCUT2D eigenvalue weighted by atomic mass is 32.1. The SMILES string of the molecule is S=c1[nH]nc2n1C=Cc1ccccc1C2. The van der Waals surface area contributed by atoms with Crippen LogP contribution >= 0.6 is 12.2 Å². The third kappa shape index (κ3) is 1.34. The monoisotopic (exact) mass is 215 g/mol. The van der Waals surface area contributed by atoms with Gasteiger partial charge < -0.3 is 0 Å². The van der Waals surface area contributed by atoms with Crippen LogP contribution in [-0.2, 0) is 6.42 Å². The normalized spacial score (nSPS) is 13.1. The zero-order valence-electron chi connectivity index (χ0n) is 7.97. The molecule has 0 spiro atoms. The molecule has 0 bridgehead atoms. The first kappa shape index (κ1) is 8.61. The predicted molar refractivity (Wildman–Crippen MR) is 61.9 cm³/mol. The summed E-state index contributed by atoms with van der Waals surface area (Å²) in [5.74, 6) is 0.959. The van der Waals surface area contributed by atoms with E-state index in [1.165, 1.54) is 11.1 Å². The van der Waals surface area contributed by atoms with Crippen molar-refractivity contribution in [3.8, 4) is 0 Å². The van der Waals surface area contributed by atoms with E-state index in [0.717, 1.165) is 12.2 Å². The number of H-pyrrole nitrogens is 1. The van der Waals surface area contributed by atoms with Crippen LogP contribution in [0.3, 0.4) is 0 Å². The molecule has 0 radical (unpaired) electrons. The van der Waals surface area contributed by atoms with Gasteiger partial charge in [0.05, 0.1) is 0 Å². The zero-order chi connectivity index (χ0) is 10.3. The van der Waals surface area contributed by atoms with Gasteiger partial charge in [-0.1, -0.05) is 24.3 Å². The standard InChI is InChI=1S/C11H9N3S/c15-11-13-12-10-7-9-4-2-1-3-8(9)5-6-14(10)11/h1-6H,7H2,(H,13,15). The molecule has 3 nitrogen and oxygen atoms in total. The quantitative estimate of drug-likeness (QED) is 0.584. The van der Waals surface area contributed by atoms with Gasteiger partial charge in [-0.05, 0) is 29.4 Å². The molecule has 2 heterocycles. The number of rotatable bonds is 0. The molecule has 1 aliphatic heterocycles. The Morgan fingerprint density at radius 2 is 2.20 bits per heavy atom. The molecule has 0 fully saturated rings. The molecule has 3 rings (SSSR count). The second-order valence-corrected chi connectivity index (χ2v) is 3.89. The average Bonchev–Trinajstić information content (AvgIpc) is 2.51. The second kappa shape index (κ2) is 3.17. The molecule has 1 N–H and O–H groups in total. The first-order valence-electron chi connectivity index (χ1n) is 4.76. The minimum atomic E-state index is 0.647. The summed E-state index contributed by atoms with van der Waals surface area (Å²) in [6.45, 7) is 0. The average molecular weight is 215 g/mol. The fourth-order valence-electron chi connectivity index (χ4n) is 1.80. The molecule has 0 amide bonds. The van der Waals surface area contributed by atoms with E-state index in [2.05, 4.69) is 28.4 Å². The minimum Gasteiger partial charge on any atom is -0.279 e. The maximum Gasteiger partial charge on any atom is 0.199 e. The Balaban J connectivity index is 2.24. The molecule has 2 aromatic rings. The fraction of sp³-hybridized carbons (Fsp3) is 0.0909. The van der Waals surface area contributed by atoms with Crippen molar-refractivity contribution in [3.63, 3.8) is 0 Å². The summed E-state index contributed by atoms with van der Waals surface area (Å²) in [5.41, 5.74) is 2.51. The summed E-state index contributed by atoms with van der Waals surface area (Å²) in [6, 6.07) is 8.31. The van der Waals surface area contributed by atoms with E-state index in [1.54, 1.807) is 0 Å². The first-order chi connectivity index (χ1) is 7.34. The van der Waals surface area contributed by atoms with Gasteiger partial charge in [0.2, 0.25) is 0 Å². The van der Waals surface area contributed by atoms with Gasteiger partial charge in [-0.2, -0.15) is 5.10 Å². The van der Waals surface area contributed by atoms with Gasteiger partial charge in [0.25, 0.3) is 0 Å². The molecule has 0 saturated heterocycles. The summed E-state index contributed by atoms with van der Waals surface area (Å²) in [7, 11) is 0. The highest BCUT2D eigenvalue weighted by molar-refractivity contribution is 7.71. The van der Waals surface area contributed by atoms with Crippen molar-refractivity contribution in [3.05, 3.63) is 46.0 Å². The van der Waals surface area contributed by atoms with Gasteiger partial charge in [0.15, 0.2) is 4.77 Å². The van der Waals surface area contributed by atoms with Crippen LogP contribution in [0.15, 0.2) is 24.3 Å². The molecule has 15 heavy (non-hydrogen) atoms. The van der Waals surface area contributed by atoms with Crippen LogP contribution in [0.4, 0.5) is 0 Å². The lowest BCUT2D eigenvalue weighted by Crippen LogP contribution is -1.96. The third-order valence-corrected chi connectivity index (χ3v) is 2.87. The lowest BCUT2D eigenvalue weighted by molar-refractivity contribution is 0.938. The summed E-state index contributed by atoms with van der Waals surface area (Å²) in [5, 5.41) is 7.01. The minimum absolute atomic E-state index is 0.647. The molecule has 4 heteroatoms. The van der Waals surface area contributed by atoms with Crippen molar-refractivity contribution >= 4 is 24.5 Å². The van der Waals surface area contributed by atoms with Crippen molar-refractivity contribution in [2.75, 3.05) is 0 Å². The lowest BCUT2D eigenvalue weighted by Gasteiger charge is -2.00. The van der Waals surface area contributed by atoms with Crippen LogP contribution < -0.4 is 0 Å². The van der Waals surface area contributed by atoms with E-state index in [9.17, 15) is 0 Å². The van der Waals surface area contributed by atoms with Gasteiger partial charge >= 0.3 is 0 Å². The van der Waals surface area contributed by atoms with E-state index in [-0.39, 0.29) is 0 Å². The van der Waals surface area contributed by atoms with Crippen LogP contribution in [0.2, 0.25) is 0 Å². The van der Waals surface area contributed by atoms with Crippen LogP contribution in [0, 0.1) is 4.77 Å². The van der Waals surface area contributed by atoms with Crippen molar-refractivity contribution in [2.45, 2.75) is 6.42 Å². The van der Waals surface area contributed by atoms with Crippen LogP contribution in [0.5, 0.6) is 0 Å². The number of fused-ring (bicyclic) bond motifs is 2. The van der Waals surface area contributed by atoms with Gasteiger partial charge in [0, 0.05) is 12.6 Å². The van der Waals surface area contributed by atoms with E-state index >= 15 is 0 Å². The van der Waals surface area contributed by atoms with Crippen molar-refractivity contribution < 1.29 is 0 Å². The van der Waals surface area contributed by atoms with Crippen LogP contribution in [0.25, 0.3) is 12.3 Å². The fourth-order valence-corrected chi connectivity index (χ4v) is 2.01. The number of nitrogens with one attached hydrogen (secondary N) is 1. The van der Waals surface area contributed by atoms with Crippen molar-refractivity contribution in [2.24, 2.45) is 0 Å². The maximum atomic E-state index is 5.14. The Hall–Kier alpha value is -1.68. The number of aromatic nitrogens is 3. The highest BCUT2D eigenvalue weighted by Crippen LogP contribution is 2.19. The number of benzene rings is 1. The van der Waals surface area contributed by atoms with E-state index in [0.29, 0.717) is 4.77 Å². The second-order valence-electron chi connectivity index (χ2n) is 3.51. The first-order valence-corrected chi connectivity index (χ1v) is 5.17. The summed E-state index contributed by atoms with van der Waals surface area (Å²) in [6.07, 6.45) is 4.85. The Bertz CT molecular complexity index is 592. The Labute approximate surface area is 92.1 Å². The smallest absolute Gasteiger partial charge is 0.199 e. The molecular weight excluding hydrogens is 206 g/mol. The summed E-state index contributed by atoms with van der Waals surface area (Å²) in [4.78, 5) is 0. The number of nitrogens with zero attached hydrogens (tertiary/aromatic N) is 2. The highest BCUT2D eigenvalue weighted by Gasteiger charge is 2.10. The zero-order valence-corrected chi connectivity index (χ0v) is 8.79. The van der Waals surface area contributed by atoms with E-state index in [4.69, 9.17) is 12.2 Å². The van der Waals surface area contributed by atoms with Gasteiger partial charge in [0.1, 0.15) is 5.82 Å². The van der Waals surface area contributed by atoms with Gasteiger partial charge in [-0.25, -0.2) is 0 Å². The maximum absolute atomic E-state index is 5.14.